The number of rotatable bonds is 4. The molecule has 1 atom stereocenters. The first-order valence-electron chi connectivity index (χ1n) is 8.89. The molecule has 0 fully saturated rings. The highest BCUT2D eigenvalue weighted by Crippen LogP contribution is 2.32. The van der Waals surface area contributed by atoms with E-state index in [2.05, 4.69) is 101 Å². The molecule has 0 radical (unpaired) electrons. The van der Waals surface area contributed by atoms with Gasteiger partial charge in [-0.2, -0.15) is 0 Å². The van der Waals surface area contributed by atoms with Gasteiger partial charge in [-0.05, 0) is 54.8 Å². The Morgan fingerprint density at radius 2 is 1.81 bits per heavy atom. The zero-order valence-corrected chi connectivity index (χ0v) is 16.6. The number of hydrogen-bond donors (Lipinski definition) is 0. The van der Waals surface area contributed by atoms with Gasteiger partial charge in [0.2, 0.25) is 0 Å². The molecule has 2 aromatic heterocycles. The first-order chi connectivity index (χ1) is 12.6. The molecule has 26 heavy (non-hydrogen) atoms. The standard InChI is InChI=1S/C23H21BrN2/c1-16-8-11-23(25-15-16)26-21-10-9-20(24)13-19(21)14-22(26)17(2)12-18-6-4-3-5-7-18/h3-11,13-15,17H,12H2,1-2H3/t17-/m1/s1. The summed E-state index contributed by atoms with van der Waals surface area (Å²) in [4.78, 5) is 4.69. The molecule has 0 bridgehead atoms. The highest BCUT2D eigenvalue weighted by atomic mass is 79.9. The number of benzene rings is 2. The Kier molecular flexibility index (Phi) is 4.64. The van der Waals surface area contributed by atoms with Crippen LogP contribution in [0.1, 0.15) is 29.7 Å². The first kappa shape index (κ1) is 17.0. The molecule has 0 aliphatic heterocycles. The number of hydrogen-bond acceptors (Lipinski definition) is 1. The lowest BCUT2D eigenvalue weighted by molar-refractivity contribution is 0.710. The van der Waals surface area contributed by atoms with Gasteiger partial charge in [-0.3, -0.25) is 4.57 Å². The summed E-state index contributed by atoms with van der Waals surface area (Å²) in [6.45, 7) is 4.36. The van der Waals surface area contributed by atoms with Gasteiger partial charge in [0.05, 0.1) is 5.52 Å². The third-order valence-electron chi connectivity index (χ3n) is 4.81. The summed E-state index contributed by atoms with van der Waals surface area (Å²) in [5, 5.41) is 1.23. The molecule has 4 rings (SSSR count). The highest BCUT2D eigenvalue weighted by Gasteiger charge is 2.17. The molecule has 0 saturated heterocycles. The van der Waals surface area contributed by atoms with E-state index in [1.807, 2.05) is 6.20 Å². The fourth-order valence-corrected chi connectivity index (χ4v) is 3.87. The fraction of sp³-hybridized carbons (Fsp3) is 0.174. The van der Waals surface area contributed by atoms with Crippen molar-refractivity contribution in [1.82, 2.24) is 9.55 Å². The lowest BCUT2D eigenvalue weighted by Crippen LogP contribution is -2.07. The highest BCUT2D eigenvalue weighted by molar-refractivity contribution is 9.10. The zero-order valence-electron chi connectivity index (χ0n) is 15.0. The number of halogens is 1. The van der Waals surface area contributed by atoms with E-state index in [-0.39, 0.29) is 0 Å². The van der Waals surface area contributed by atoms with E-state index in [4.69, 9.17) is 4.98 Å². The van der Waals surface area contributed by atoms with E-state index in [0.29, 0.717) is 5.92 Å². The predicted octanol–water partition coefficient (Wildman–Crippen LogP) is 6.44. The van der Waals surface area contributed by atoms with Gasteiger partial charge in [0.15, 0.2) is 0 Å². The van der Waals surface area contributed by atoms with Gasteiger partial charge < -0.3 is 0 Å². The van der Waals surface area contributed by atoms with Crippen molar-refractivity contribution in [2.75, 3.05) is 0 Å². The summed E-state index contributed by atoms with van der Waals surface area (Å²) >= 11 is 3.60. The Balaban J connectivity index is 1.84. The third kappa shape index (κ3) is 3.32. The number of fused-ring (bicyclic) bond motifs is 1. The summed E-state index contributed by atoms with van der Waals surface area (Å²) in [5.74, 6) is 1.36. The second kappa shape index (κ2) is 7.08. The van der Waals surface area contributed by atoms with Crippen molar-refractivity contribution in [3.63, 3.8) is 0 Å². The Morgan fingerprint density at radius 1 is 1.00 bits per heavy atom. The van der Waals surface area contributed by atoms with Gasteiger partial charge in [0.25, 0.3) is 0 Å². The summed E-state index contributed by atoms with van der Waals surface area (Å²) in [6.07, 6.45) is 2.94. The molecule has 2 heterocycles. The molecule has 3 heteroatoms. The molecular weight excluding hydrogens is 384 g/mol. The molecule has 0 spiro atoms. The molecule has 0 amide bonds. The Hall–Kier alpha value is -2.39. The lowest BCUT2D eigenvalue weighted by atomic mass is 9.98. The largest absolute Gasteiger partial charge is 0.298 e. The summed E-state index contributed by atoms with van der Waals surface area (Å²) in [5.41, 5.74) is 5.01. The molecule has 4 aromatic rings. The SMILES string of the molecule is Cc1ccc(-n2c([C@H](C)Cc3ccccc3)cc3cc(Br)ccc32)nc1. The first-order valence-corrected chi connectivity index (χ1v) is 9.69. The molecule has 130 valence electrons. The molecule has 0 unspecified atom stereocenters. The minimum Gasteiger partial charge on any atom is -0.298 e. The Bertz CT molecular complexity index is 1030. The number of pyridine rings is 1. The van der Waals surface area contributed by atoms with E-state index < -0.39 is 0 Å². The molecule has 0 aliphatic carbocycles. The van der Waals surface area contributed by atoms with Crippen molar-refractivity contribution in [2.45, 2.75) is 26.2 Å². The van der Waals surface area contributed by atoms with Crippen LogP contribution in [0.5, 0.6) is 0 Å². The quantitative estimate of drug-likeness (QED) is 0.382. The van der Waals surface area contributed by atoms with Crippen LogP contribution >= 0.6 is 15.9 Å². The average Bonchev–Trinajstić information content (AvgIpc) is 3.02. The normalized spacial score (nSPS) is 12.4. The van der Waals surface area contributed by atoms with Crippen LogP contribution in [0, 0.1) is 6.92 Å². The minimum atomic E-state index is 0.381. The summed E-state index contributed by atoms with van der Waals surface area (Å²) < 4.78 is 3.40. The van der Waals surface area contributed by atoms with Crippen molar-refractivity contribution in [2.24, 2.45) is 0 Å². The number of aryl methyl sites for hydroxylation is 1. The van der Waals surface area contributed by atoms with Gasteiger partial charge in [-0.15, -0.1) is 0 Å². The van der Waals surface area contributed by atoms with E-state index in [9.17, 15) is 0 Å². The van der Waals surface area contributed by atoms with Gasteiger partial charge >= 0.3 is 0 Å². The molecule has 0 N–H and O–H groups in total. The van der Waals surface area contributed by atoms with Gasteiger partial charge in [0, 0.05) is 27.7 Å². The molecular formula is C23H21BrN2. The molecule has 0 saturated carbocycles. The van der Waals surface area contributed by atoms with Crippen LogP contribution in [0.3, 0.4) is 0 Å². The van der Waals surface area contributed by atoms with E-state index in [0.717, 1.165) is 16.7 Å². The lowest BCUT2D eigenvalue weighted by Gasteiger charge is -2.16. The van der Waals surface area contributed by atoms with E-state index in [1.54, 1.807) is 0 Å². The predicted molar refractivity (Wildman–Crippen MR) is 112 cm³/mol. The third-order valence-corrected chi connectivity index (χ3v) is 5.30. The van der Waals surface area contributed by atoms with Crippen LogP contribution in [0.15, 0.2) is 77.4 Å². The van der Waals surface area contributed by atoms with Crippen molar-refractivity contribution in [3.05, 3.63) is 94.2 Å². The van der Waals surface area contributed by atoms with Crippen LogP contribution in [-0.4, -0.2) is 9.55 Å². The number of nitrogens with zero attached hydrogens (tertiary/aromatic N) is 2. The summed E-state index contributed by atoms with van der Waals surface area (Å²) in [7, 11) is 0. The zero-order chi connectivity index (χ0) is 18.1. The van der Waals surface area contributed by atoms with Crippen LogP contribution in [0.4, 0.5) is 0 Å². The summed E-state index contributed by atoms with van der Waals surface area (Å²) in [6, 6.07) is 23.7. The smallest absolute Gasteiger partial charge is 0.137 e. The van der Waals surface area contributed by atoms with Crippen LogP contribution in [0.25, 0.3) is 16.7 Å². The monoisotopic (exact) mass is 404 g/mol. The minimum absolute atomic E-state index is 0.381. The van der Waals surface area contributed by atoms with Gasteiger partial charge in [-0.25, -0.2) is 4.98 Å². The van der Waals surface area contributed by atoms with Gasteiger partial charge in [0.1, 0.15) is 5.82 Å². The number of aromatic nitrogens is 2. The topological polar surface area (TPSA) is 17.8 Å². The molecule has 2 nitrogen and oxygen atoms in total. The molecule has 0 aliphatic rings. The fourth-order valence-electron chi connectivity index (χ4n) is 3.49. The van der Waals surface area contributed by atoms with E-state index in [1.165, 1.54) is 27.7 Å². The Morgan fingerprint density at radius 3 is 2.54 bits per heavy atom. The van der Waals surface area contributed by atoms with Gasteiger partial charge in [-0.1, -0.05) is 59.3 Å². The van der Waals surface area contributed by atoms with Crippen molar-refractivity contribution in [3.8, 4) is 5.82 Å². The van der Waals surface area contributed by atoms with Crippen molar-refractivity contribution < 1.29 is 0 Å². The maximum atomic E-state index is 4.69. The van der Waals surface area contributed by atoms with Crippen molar-refractivity contribution >= 4 is 26.8 Å². The maximum Gasteiger partial charge on any atom is 0.137 e. The Labute approximate surface area is 162 Å². The maximum absolute atomic E-state index is 4.69. The van der Waals surface area contributed by atoms with Crippen molar-refractivity contribution in [1.29, 1.82) is 0 Å². The van der Waals surface area contributed by atoms with E-state index >= 15 is 0 Å². The van der Waals surface area contributed by atoms with Crippen LogP contribution in [0.2, 0.25) is 0 Å². The van der Waals surface area contributed by atoms with Crippen LogP contribution < -0.4 is 0 Å². The average molecular weight is 405 g/mol. The molecule has 2 aromatic carbocycles. The van der Waals surface area contributed by atoms with Crippen LogP contribution in [-0.2, 0) is 6.42 Å². The second-order valence-corrected chi connectivity index (χ2v) is 7.81. The second-order valence-electron chi connectivity index (χ2n) is 6.89.